The van der Waals surface area contributed by atoms with E-state index in [9.17, 15) is 8.42 Å². The van der Waals surface area contributed by atoms with E-state index < -0.39 is 9.84 Å². The topological polar surface area (TPSA) is 64.8 Å². The molecule has 31 heavy (non-hydrogen) atoms. The summed E-state index contributed by atoms with van der Waals surface area (Å²) in [5, 5.41) is 5.93. The van der Waals surface area contributed by atoms with Crippen LogP contribution in [-0.4, -0.2) is 23.2 Å². The van der Waals surface area contributed by atoms with E-state index in [2.05, 4.69) is 10.1 Å². The van der Waals surface area contributed by atoms with Crippen molar-refractivity contribution < 1.29 is 8.42 Å². The van der Waals surface area contributed by atoms with Gasteiger partial charge in [-0.3, -0.25) is 4.98 Å². The lowest BCUT2D eigenvalue weighted by atomic mass is 9.87. The SMILES string of the molecule is Cc1cc(CS(=O)(=O)c2ccc(C(C)(C)C)c(Cl)c2)n(-c2cccc3ncccc23)n1. The van der Waals surface area contributed by atoms with Crippen LogP contribution < -0.4 is 0 Å². The van der Waals surface area contributed by atoms with Crippen LogP contribution in [-0.2, 0) is 21.0 Å². The fourth-order valence-corrected chi connectivity index (χ4v) is 5.57. The minimum absolute atomic E-state index is 0.169. The van der Waals surface area contributed by atoms with Crippen LogP contribution in [0.5, 0.6) is 0 Å². The summed E-state index contributed by atoms with van der Waals surface area (Å²) in [5.41, 5.74) is 3.70. The van der Waals surface area contributed by atoms with Gasteiger partial charge in [0.2, 0.25) is 0 Å². The third-order valence-electron chi connectivity index (χ3n) is 5.20. The van der Waals surface area contributed by atoms with Gasteiger partial charge in [-0.25, -0.2) is 13.1 Å². The highest BCUT2D eigenvalue weighted by Gasteiger charge is 2.23. The van der Waals surface area contributed by atoms with Crippen LogP contribution in [0.1, 0.15) is 37.7 Å². The molecular formula is C24H24ClN3O2S. The highest BCUT2D eigenvalue weighted by molar-refractivity contribution is 7.90. The largest absolute Gasteiger partial charge is 0.256 e. The van der Waals surface area contributed by atoms with Crippen LogP contribution in [0.3, 0.4) is 0 Å². The average Bonchev–Trinajstić information content (AvgIpc) is 3.05. The Morgan fingerprint density at radius 2 is 1.81 bits per heavy atom. The highest BCUT2D eigenvalue weighted by Crippen LogP contribution is 2.32. The lowest BCUT2D eigenvalue weighted by Crippen LogP contribution is -2.14. The molecule has 0 N–H and O–H groups in total. The molecule has 0 unspecified atom stereocenters. The summed E-state index contributed by atoms with van der Waals surface area (Å²) in [4.78, 5) is 4.59. The maximum Gasteiger partial charge on any atom is 0.184 e. The van der Waals surface area contributed by atoms with Gasteiger partial charge >= 0.3 is 0 Å². The standard InChI is InChI=1S/C24H24ClN3O2S/c1-16-13-17(28(27-16)23-9-5-8-22-19(23)7-6-12-26-22)15-31(29,30)18-10-11-20(21(25)14-18)24(2,3)4/h5-14H,15H2,1-4H3. The summed E-state index contributed by atoms with van der Waals surface area (Å²) in [6.45, 7) is 7.99. The van der Waals surface area contributed by atoms with E-state index in [1.165, 1.54) is 0 Å². The molecule has 0 radical (unpaired) electrons. The number of sulfone groups is 1. The van der Waals surface area contributed by atoms with Gasteiger partial charge in [0.15, 0.2) is 9.84 Å². The first kappa shape index (κ1) is 21.5. The highest BCUT2D eigenvalue weighted by atomic mass is 35.5. The first-order valence-electron chi connectivity index (χ1n) is 9.99. The third kappa shape index (κ3) is 4.23. The molecule has 4 aromatic rings. The zero-order chi connectivity index (χ0) is 22.4. The maximum absolute atomic E-state index is 13.3. The lowest BCUT2D eigenvalue weighted by molar-refractivity contribution is 0.585. The van der Waals surface area contributed by atoms with Crippen LogP contribution in [0.2, 0.25) is 5.02 Å². The number of hydrogen-bond acceptors (Lipinski definition) is 4. The smallest absolute Gasteiger partial charge is 0.184 e. The first-order chi connectivity index (χ1) is 14.6. The summed E-state index contributed by atoms with van der Waals surface area (Å²) in [6, 6.07) is 16.3. The third-order valence-corrected chi connectivity index (χ3v) is 7.16. The quantitative estimate of drug-likeness (QED) is 0.400. The van der Waals surface area contributed by atoms with Gasteiger partial charge in [0.1, 0.15) is 0 Å². The Morgan fingerprint density at radius 1 is 1.03 bits per heavy atom. The van der Waals surface area contributed by atoms with E-state index in [0.717, 1.165) is 27.8 Å². The average molecular weight is 454 g/mol. The van der Waals surface area contributed by atoms with Crippen molar-refractivity contribution in [3.63, 3.8) is 0 Å². The van der Waals surface area contributed by atoms with Gasteiger partial charge in [-0.2, -0.15) is 5.10 Å². The zero-order valence-electron chi connectivity index (χ0n) is 17.9. The van der Waals surface area contributed by atoms with Crippen molar-refractivity contribution in [2.45, 2.75) is 43.8 Å². The predicted octanol–water partition coefficient (Wildman–Crippen LogP) is 5.65. The monoisotopic (exact) mass is 453 g/mol. The molecule has 4 rings (SSSR count). The predicted molar refractivity (Wildman–Crippen MR) is 125 cm³/mol. The molecule has 0 saturated heterocycles. The fourth-order valence-electron chi connectivity index (χ4n) is 3.71. The van der Waals surface area contributed by atoms with Crippen LogP contribution >= 0.6 is 11.6 Å². The van der Waals surface area contributed by atoms with Gasteiger partial charge in [-0.1, -0.05) is 44.5 Å². The van der Waals surface area contributed by atoms with E-state index in [4.69, 9.17) is 11.6 Å². The number of halogens is 1. The minimum Gasteiger partial charge on any atom is -0.256 e. The molecule has 160 valence electrons. The molecular weight excluding hydrogens is 430 g/mol. The van der Waals surface area contributed by atoms with Crippen molar-refractivity contribution in [2.24, 2.45) is 0 Å². The van der Waals surface area contributed by atoms with Gasteiger partial charge in [-0.15, -0.1) is 0 Å². The van der Waals surface area contributed by atoms with E-state index in [1.807, 2.05) is 58.0 Å². The van der Waals surface area contributed by atoms with Gasteiger partial charge < -0.3 is 0 Å². The van der Waals surface area contributed by atoms with Gasteiger partial charge in [-0.05, 0) is 60.4 Å². The van der Waals surface area contributed by atoms with Crippen LogP contribution in [0.4, 0.5) is 0 Å². The Morgan fingerprint density at radius 3 is 2.52 bits per heavy atom. The van der Waals surface area contributed by atoms with Crippen molar-refractivity contribution in [1.29, 1.82) is 0 Å². The molecule has 2 aromatic heterocycles. The van der Waals surface area contributed by atoms with E-state index in [0.29, 0.717) is 10.7 Å². The van der Waals surface area contributed by atoms with E-state index >= 15 is 0 Å². The van der Waals surface area contributed by atoms with Gasteiger partial charge in [0, 0.05) is 16.6 Å². The molecule has 0 saturated carbocycles. The Labute approximate surface area is 187 Å². The Hall–Kier alpha value is -2.70. The molecule has 7 heteroatoms. The summed E-state index contributed by atoms with van der Waals surface area (Å²) < 4.78 is 28.2. The summed E-state index contributed by atoms with van der Waals surface area (Å²) >= 11 is 6.43. The van der Waals surface area contributed by atoms with Crippen molar-refractivity contribution in [2.75, 3.05) is 0 Å². The number of hydrogen-bond donors (Lipinski definition) is 0. The summed E-state index contributed by atoms with van der Waals surface area (Å²) in [5.74, 6) is -0.185. The fraction of sp³-hybridized carbons (Fsp3) is 0.250. The van der Waals surface area contributed by atoms with E-state index in [1.54, 1.807) is 35.1 Å². The van der Waals surface area contributed by atoms with Crippen molar-refractivity contribution in [3.8, 4) is 5.69 Å². The molecule has 0 aliphatic rings. The zero-order valence-corrected chi connectivity index (χ0v) is 19.5. The van der Waals surface area contributed by atoms with E-state index in [-0.39, 0.29) is 16.1 Å². The number of aromatic nitrogens is 3. The molecule has 0 aliphatic carbocycles. The number of aryl methyl sites for hydroxylation is 1. The molecule has 0 aliphatic heterocycles. The number of nitrogens with zero attached hydrogens (tertiary/aromatic N) is 3. The Kier molecular flexibility index (Phi) is 5.40. The Balaban J connectivity index is 1.77. The second-order valence-corrected chi connectivity index (χ2v) is 11.1. The lowest BCUT2D eigenvalue weighted by Gasteiger charge is -2.21. The van der Waals surface area contributed by atoms with Gasteiger partial charge in [0.05, 0.1) is 33.2 Å². The maximum atomic E-state index is 13.3. The second-order valence-electron chi connectivity index (χ2n) is 8.69. The van der Waals surface area contributed by atoms with Crippen LogP contribution in [0, 0.1) is 6.92 Å². The normalized spacial score (nSPS) is 12.4. The van der Waals surface area contributed by atoms with Crippen LogP contribution in [0.15, 0.2) is 65.7 Å². The number of benzene rings is 2. The van der Waals surface area contributed by atoms with Crippen LogP contribution in [0.25, 0.3) is 16.6 Å². The number of fused-ring (bicyclic) bond motifs is 1. The number of rotatable bonds is 4. The molecule has 2 heterocycles. The van der Waals surface area contributed by atoms with Crippen molar-refractivity contribution >= 4 is 32.3 Å². The second kappa shape index (κ2) is 7.77. The summed E-state index contributed by atoms with van der Waals surface area (Å²) in [6.07, 6.45) is 1.73. The molecule has 0 spiro atoms. The first-order valence-corrected chi connectivity index (χ1v) is 12.0. The number of pyridine rings is 1. The minimum atomic E-state index is -3.63. The van der Waals surface area contributed by atoms with Crippen molar-refractivity contribution in [3.05, 3.63) is 82.8 Å². The van der Waals surface area contributed by atoms with Gasteiger partial charge in [0.25, 0.3) is 0 Å². The Bertz CT molecular complexity index is 1380. The summed E-state index contributed by atoms with van der Waals surface area (Å²) in [7, 11) is -3.63. The molecule has 0 amide bonds. The molecule has 5 nitrogen and oxygen atoms in total. The molecule has 0 bridgehead atoms. The van der Waals surface area contributed by atoms with Crippen molar-refractivity contribution in [1.82, 2.24) is 14.8 Å². The molecule has 2 aromatic carbocycles. The molecule has 0 atom stereocenters. The molecule has 0 fully saturated rings.